The first-order chi connectivity index (χ1) is 10.3. The first kappa shape index (κ1) is 16.0. The Bertz CT molecular complexity index is 575. The Hall–Kier alpha value is -1.33. The van der Waals surface area contributed by atoms with Crippen LogP contribution in [0, 0.1) is 0 Å². The van der Waals surface area contributed by atoms with Crippen LogP contribution in [0.5, 0.6) is 11.5 Å². The lowest BCUT2D eigenvalue weighted by molar-refractivity contribution is 0.288. The van der Waals surface area contributed by atoms with Gasteiger partial charge in [0.25, 0.3) is 0 Å². The average Bonchev–Trinajstić information content (AvgIpc) is 2.96. The second-order valence-electron chi connectivity index (χ2n) is 4.32. The Kier molecular flexibility index (Phi) is 6.26. The van der Waals surface area contributed by atoms with Gasteiger partial charge in [0.1, 0.15) is 10.0 Å². The molecule has 2 rings (SSSR count). The summed E-state index contributed by atoms with van der Waals surface area (Å²) in [6, 6.07) is 5.86. The van der Waals surface area contributed by atoms with Gasteiger partial charge in [-0.25, -0.2) is 0 Å². The summed E-state index contributed by atoms with van der Waals surface area (Å²) in [5.41, 5.74) is 0.997. The zero-order chi connectivity index (χ0) is 15.1. The van der Waals surface area contributed by atoms with Crippen LogP contribution in [0.3, 0.4) is 0 Å². The number of aromatic nitrogens is 2. The lowest BCUT2D eigenvalue weighted by Crippen LogP contribution is -1.98. The summed E-state index contributed by atoms with van der Waals surface area (Å²) in [7, 11) is 0. The van der Waals surface area contributed by atoms with Crippen molar-refractivity contribution >= 4 is 22.9 Å². The third-order valence-corrected chi connectivity index (χ3v) is 4.08. The molecule has 0 fully saturated rings. The SMILES string of the molecule is CCOc1ccc(-c2nnc(CCCCl)s2)cc1OCC. The number of alkyl halides is 1. The van der Waals surface area contributed by atoms with Crippen LogP contribution in [0.1, 0.15) is 25.3 Å². The molecule has 0 saturated carbocycles. The van der Waals surface area contributed by atoms with E-state index in [4.69, 9.17) is 21.1 Å². The molecule has 21 heavy (non-hydrogen) atoms. The van der Waals surface area contributed by atoms with Gasteiger partial charge in [0.15, 0.2) is 11.5 Å². The van der Waals surface area contributed by atoms with Gasteiger partial charge in [-0.1, -0.05) is 11.3 Å². The van der Waals surface area contributed by atoms with Gasteiger partial charge >= 0.3 is 0 Å². The molecule has 0 bridgehead atoms. The zero-order valence-corrected chi connectivity index (χ0v) is 13.8. The molecule has 4 nitrogen and oxygen atoms in total. The summed E-state index contributed by atoms with van der Waals surface area (Å²) in [5, 5.41) is 10.4. The van der Waals surface area contributed by atoms with Crippen molar-refractivity contribution < 1.29 is 9.47 Å². The van der Waals surface area contributed by atoms with Crippen LogP contribution in [-0.4, -0.2) is 29.3 Å². The molecular weight excluding hydrogens is 308 g/mol. The van der Waals surface area contributed by atoms with Crippen molar-refractivity contribution in [2.75, 3.05) is 19.1 Å². The van der Waals surface area contributed by atoms with Crippen molar-refractivity contribution in [1.29, 1.82) is 0 Å². The maximum Gasteiger partial charge on any atom is 0.161 e. The van der Waals surface area contributed by atoms with Crippen LogP contribution in [0.4, 0.5) is 0 Å². The summed E-state index contributed by atoms with van der Waals surface area (Å²) in [6.45, 7) is 5.12. The first-order valence-corrected chi connectivity index (χ1v) is 8.42. The molecule has 0 aliphatic carbocycles. The van der Waals surface area contributed by atoms with Gasteiger partial charge in [-0.15, -0.1) is 21.8 Å². The van der Waals surface area contributed by atoms with Crippen LogP contribution in [0.25, 0.3) is 10.6 Å². The topological polar surface area (TPSA) is 44.2 Å². The van der Waals surface area contributed by atoms with Gasteiger partial charge in [0, 0.05) is 17.9 Å². The normalized spacial score (nSPS) is 10.6. The zero-order valence-electron chi connectivity index (χ0n) is 12.3. The fourth-order valence-corrected chi connectivity index (χ4v) is 2.88. The molecule has 0 atom stereocenters. The molecule has 0 unspecified atom stereocenters. The van der Waals surface area contributed by atoms with Gasteiger partial charge < -0.3 is 9.47 Å². The van der Waals surface area contributed by atoms with E-state index in [0.717, 1.165) is 39.9 Å². The average molecular weight is 327 g/mol. The monoisotopic (exact) mass is 326 g/mol. The summed E-state index contributed by atoms with van der Waals surface area (Å²) in [6.07, 6.45) is 1.79. The number of halogens is 1. The number of aryl methyl sites for hydroxylation is 1. The number of rotatable bonds is 8. The van der Waals surface area contributed by atoms with Crippen molar-refractivity contribution in [3.05, 3.63) is 23.2 Å². The minimum absolute atomic E-state index is 0.598. The summed E-state index contributed by atoms with van der Waals surface area (Å²) in [5.74, 6) is 2.15. The highest BCUT2D eigenvalue weighted by Gasteiger charge is 2.11. The molecule has 2 aromatic rings. The van der Waals surface area contributed by atoms with Crippen LogP contribution >= 0.6 is 22.9 Å². The lowest BCUT2D eigenvalue weighted by atomic mass is 10.2. The van der Waals surface area contributed by atoms with Gasteiger partial charge in [0.2, 0.25) is 0 Å². The van der Waals surface area contributed by atoms with Crippen molar-refractivity contribution in [1.82, 2.24) is 10.2 Å². The van der Waals surface area contributed by atoms with E-state index < -0.39 is 0 Å². The minimum atomic E-state index is 0.598. The van der Waals surface area contributed by atoms with Crippen molar-refractivity contribution in [2.24, 2.45) is 0 Å². The van der Waals surface area contributed by atoms with Crippen LogP contribution in [0.15, 0.2) is 18.2 Å². The Morgan fingerprint density at radius 2 is 1.86 bits per heavy atom. The third kappa shape index (κ3) is 4.32. The fraction of sp³-hybridized carbons (Fsp3) is 0.467. The standard InChI is InChI=1S/C15H19ClN2O2S/c1-3-19-12-8-7-11(10-13(12)20-4-2)15-18-17-14(21-15)6-5-9-16/h7-8,10H,3-6,9H2,1-2H3. The van der Waals surface area contributed by atoms with E-state index in [1.807, 2.05) is 32.0 Å². The number of nitrogens with zero attached hydrogens (tertiary/aromatic N) is 2. The number of ether oxygens (including phenoxy) is 2. The highest BCUT2D eigenvalue weighted by molar-refractivity contribution is 7.14. The molecule has 0 N–H and O–H groups in total. The van der Waals surface area contributed by atoms with Crippen LogP contribution in [-0.2, 0) is 6.42 Å². The molecule has 1 aromatic heterocycles. The maximum atomic E-state index is 5.70. The van der Waals surface area contributed by atoms with Crippen LogP contribution in [0.2, 0.25) is 0 Å². The molecule has 1 heterocycles. The van der Waals surface area contributed by atoms with E-state index in [1.165, 1.54) is 0 Å². The number of hydrogen-bond acceptors (Lipinski definition) is 5. The van der Waals surface area contributed by atoms with E-state index in [0.29, 0.717) is 19.1 Å². The number of benzene rings is 1. The van der Waals surface area contributed by atoms with E-state index in [1.54, 1.807) is 11.3 Å². The highest BCUT2D eigenvalue weighted by atomic mass is 35.5. The molecule has 6 heteroatoms. The Morgan fingerprint density at radius 1 is 1.10 bits per heavy atom. The smallest absolute Gasteiger partial charge is 0.161 e. The van der Waals surface area contributed by atoms with Crippen LogP contribution < -0.4 is 9.47 Å². The summed E-state index contributed by atoms with van der Waals surface area (Å²) < 4.78 is 11.2. The molecule has 0 radical (unpaired) electrons. The lowest BCUT2D eigenvalue weighted by Gasteiger charge is -2.11. The molecule has 0 amide bonds. The molecular formula is C15H19ClN2O2S. The van der Waals surface area contributed by atoms with E-state index in [-0.39, 0.29) is 0 Å². The highest BCUT2D eigenvalue weighted by Crippen LogP contribution is 2.34. The molecule has 114 valence electrons. The van der Waals surface area contributed by atoms with Crippen molar-refractivity contribution in [2.45, 2.75) is 26.7 Å². The fourth-order valence-electron chi connectivity index (χ4n) is 1.87. The van der Waals surface area contributed by atoms with Gasteiger partial charge in [-0.2, -0.15) is 0 Å². The van der Waals surface area contributed by atoms with Crippen molar-refractivity contribution in [3.8, 4) is 22.1 Å². The summed E-state index contributed by atoms with van der Waals surface area (Å²) in [4.78, 5) is 0. The predicted molar refractivity (Wildman–Crippen MR) is 86.7 cm³/mol. The van der Waals surface area contributed by atoms with Gasteiger partial charge in [0.05, 0.1) is 13.2 Å². The predicted octanol–water partition coefficient (Wildman–Crippen LogP) is 4.17. The number of hydrogen-bond donors (Lipinski definition) is 0. The van der Waals surface area contributed by atoms with Gasteiger partial charge in [-0.3, -0.25) is 0 Å². The Morgan fingerprint density at radius 3 is 2.57 bits per heavy atom. The quantitative estimate of drug-likeness (QED) is 0.683. The molecule has 1 aromatic carbocycles. The maximum absolute atomic E-state index is 5.70. The largest absolute Gasteiger partial charge is 0.490 e. The molecule has 0 spiro atoms. The molecule has 0 aliphatic heterocycles. The first-order valence-electron chi connectivity index (χ1n) is 7.06. The van der Waals surface area contributed by atoms with E-state index in [2.05, 4.69) is 10.2 Å². The summed E-state index contributed by atoms with van der Waals surface area (Å²) >= 11 is 7.30. The van der Waals surface area contributed by atoms with Gasteiger partial charge in [-0.05, 0) is 38.5 Å². The molecule has 0 saturated heterocycles. The van der Waals surface area contributed by atoms with Crippen molar-refractivity contribution in [3.63, 3.8) is 0 Å². The Balaban J connectivity index is 2.22. The third-order valence-electron chi connectivity index (χ3n) is 2.78. The van der Waals surface area contributed by atoms with E-state index in [9.17, 15) is 0 Å². The Labute approximate surface area is 134 Å². The second-order valence-corrected chi connectivity index (χ2v) is 5.76. The second kappa shape index (κ2) is 8.20. The van der Waals surface area contributed by atoms with E-state index >= 15 is 0 Å². The molecule has 0 aliphatic rings. The minimum Gasteiger partial charge on any atom is -0.490 e.